The summed E-state index contributed by atoms with van der Waals surface area (Å²) in [6.07, 6.45) is 0.622. The van der Waals surface area contributed by atoms with E-state index in [1.165, 1.54) is 12.1 Å². The van der Waals surface area contributed by atoms with Gasteiger partial charge in [-0.15, -0.1) is 11.3 Å². The van der Waals surface area contributed by atoms with Crippen LogP contribution in [0.3, 0.4) is 0 Å². The Morgan fingerprint density at radius 1 is 1.00 bits per heavy atom. The first kappa shape index (κ1) is 15.5. The molecule has 0 atom stereocenters. The van der Waals surface area contributed by atoms with Crippen LogP contribution >= 0.6 is 11.3 Å². The van der Waals surface area contributed by atoms with E-state index in [4.69, 9.17) is 10.2 Å². The van der Waals surface area contributed by atoms with Gasteiger partial charge in [-0.25, -0.2) is 4.79 Å². The van der Waals surface area contributed by atoms with Crippen molar-refractivity contribution >= 4 is 34.0 Å². The van der Waals surface area contributed by atoms with Gasteiger partial charge in [0.2, 0.25) is 5.76 Å². The number of hydrogen-bond donors (Lipinski definition) is 3. The van der Waals surface area contributed by atoms with E-state index in [0.29, 0.717) is 16.6 Å². The number of benzene rings is 1. The van der Waals surface area contributed by atoms with Crippen LogP contribution in [0, 0.1) is 0 Å². The molecule has 22 heavy (non-hydrogen) atoms. The second-order valence-corrected chi connectivity index (χ2v) is 5.27. The fraction of sp³-hybridized carbons (Fsp3) is 0. The number of thiophene rings is 1. The molecule has 1 amide bonds. The number of anilines is 1. The lowest BCUT2D eigenvalue weighted by Gasteiger charge is -2.01. The van der Waals surface area contributed by atoms with Gasteiger partial charge in [0.1, 0.15) is 0 Å². The maximum Gasteiger partial charge on any atom is 0.371 e. The first-order valence-electron chi connectivity index (χ1n) is 6.12. The maximum absolute atomic E-state index is 11.9. The van der Waals surface area contributed by atoms with E-state index in [1.54, 1.807) is 30.3 Å². The van der Waals surface area contributed by atoms with Gasteiger partial charge in [0.15, 0.2) is 5.78 Å². The molecule has 6 nitrogen and oxygen atoms in total. The fourth-order valence-electron chi connectivity index (χ4n) is 1.57. The van der Waals surface area contributed by atoms with Crippen molar-refractivity contribution in [2.24, 2.45) is 0 Å². The van der Waals surface area contributed by atoms with E-state index in [2.05, 4.69) is 5.32 Å². The van der Waals surface area contributed by atoms with Gasteiger partial charge in [0.25, 0.3) is 5.91 Å². The summed E-state index contributed by atoms with van der Waals surface area (Å²) < 4.78 is 0. The number of amides is 1. The van der Waals surface area contributed by atoms with Crippen LogP contribution in [0.25, 0.3) is 0 Å². The third-order valence-corrected chi connectivity index (χ3v) is 3.62. The zero-order valence-corrected chi connectivity index (χ0v) is 12.0. The number of carboxylic acid groups (broad SMARTS) is 1. The smallest absolute Gasteiger partial charge is 0.371 e. The minimum atomic E-state index is -1.58. The van der Waals surface area contributed by atoms with E-state index >= 15 is 0 Å². The van der Waals surface area contributed by atoms with Gasteiger partial charge in [-0.05, 0) is 24.3 Å². The molecule has 0 bridgehead atoms. The number of carbonyl (C=O) groups excluding carboxylic acids is 2. The van der Waals surface area contributed by atoms with Crippen molar-refractivity contribution in [2.75, 3.05) is 5.32 Å². The Labute approximate surface area is 129 Å². The predicted octanol–water partition coefficient (Wildman–Crippen LogP) is 2.71. The van der Waals surface area contributed by atoms with Crippen LogP contribution in [0.15, 0.2) is 54.3 Å². The number of hydrogen-bond acceptors (Lipinski definition) is 5. The maximum atomic E-state index is 11.9. The molecule has 0 saturated heterocycles. The van der Waals surface area contributed by atoms with Crippen LogP contribution in [-0.4, -0.2) is 27.9 Å². The second kappa shape index (κ2) is 6.68. The lowest BCUT2D eigenvalue weighted by molar-refractivity contribution is -0.135. The summed E-state index contributed by atoms with van der Waals surface area (Å²) >= 11 is 0.988. The molecule has 0 saturated carbocycles. The molecule has 1 aromatic carbocycles. The van der Waals surface area contributed by atoms with Gasteiger partial charge in [0, 0.05) is 11.6 Å². The summed E-state index contributed by atoms with van der Waals surface area (Å²) in [6, 6.07) is 11.5. The van der Waals surface area contributed by atoms with Crippen LogP contribution in [-0.2, 0) is 4.79 Å². The van der Waals surface area contributed by atoms with E-state index in [-0.39, 0.29) is 10.8 Å². The Bertz CT molecular complexity index is 748. The minimum Gasteiger partial charge on any atom is -0.502 e. The zero-order chi connectivity index (χ0) is 16.1. The summed E-state index contributed by atoms with van der Waals surface area (Å²) in [6.45, 7) is 0. The molecule has 0 aliphatic rings. The van der Waals surface area contributed by atoms with Crippen molar-refractivity contribution in [2.45, 2.75) is 0 Å². The molecule has 112 valence electrons. The summed E-state index contributed by atoms with van der Waals surface area (Å²) in [5.74, 6) is -3.58. The Morgan fingerprint density at radius 2 is 1.68 bits per heavy atom. The van der Waals surface area contributed by atoms with E-state index < -0.39 is 17.5 Å². The largest absolute Gasteiger partial charge is 0.502 e. The molecule has 0 spiro atoms. The molecular formula is C15H11NO5S. The van der Waals surface area contributed by atoms with Crippen molar-refractivity contribution < 1.29 is 24.6 Å². The molecule has 0 radical (unpaired) electrons. The van der Waals surface area contributed by atoms with Crippen molar-refractivity contribution in [1.29, 1.82) is 0 Å². The number of carboxylic acids is 1. The summed E-state index contributed by atoms with van der Waals surface area (Å²) in [7, 11) is 0. The molecule has 0 aliphatic heterocycles. The monoisotopic (exact) mass is 317 g/mol. The van der Waals surface area contributed by atoms with E-state index in [1.807, 2.05) is 0 Å². The van der Waals surface area contributed by atoms with Crippen LogP contribution in [0.1, 0.15) is 20.0 Å². The first-order valence-corrected chi connectivity index (χ1v) is 6.93. The highest BCUT2D eigenvalue weighted by Gasteiger charge is 2.13. The molecule has 0 unspecified atom stereocenters. The third kappa shape index (κ3) is 3.80. The molecule has 7 heteroatoms. The summed E-state index contributed by atoms with van der Waals surface area (Å²) in [5, 5.41) is 20.6. The summed E-state index contributed by atoms with van der Waals surface area (Å²) in [5.41, 5.74) is 0.479. The van der Waals surface area contributed by atoms with Gasteiger partial charge in [-0.3, -0.25) is 9.59 Å². The number of allylic oxidation sites excluding steroid dienone is 1. The first-order chi connectivity index (χ1) is 10.5. The van der Waals surface area contributed by atoms with Crippen LogP contribution in [0.2, 0.25) is 0 Å². The van der Waals surface area contributed by atoms with Crippen molar-refractivity contribution in [3.05, 3.63) is 64.7 Å². The minimum absolute atomic E-state index is 0.205. The Hall–Kier alpha value is -2.93. The van der Waals surface area contributed by atoms with Crippen LogP contribution in [0.4, 0.5) is 5.00 Å². The molecule has 3 N–H and O–H groups in total. The number of ketones is 1. The molecule has 0 fully saturated rings. The Balaban J connectivity index is 2.09. The predicted molar refractivity (Wildman–Crippen MR) is 81.4 cm³/mol. The molecule has 2 rings (SSSR count). The quantitative estimate of drug-likeness (QED) is 0.447. The second-order valence-electron chi connectivity index (χ2n) is 4.18. The number of aliphatic carboxylic acids is 1. The third-order valence-electron chi connectivity index (χ3n) is 2.61. The van der Waals surface area contributed by atoms with Crippen molar-refractivity contribution in [3.63, 3.8) is 0 Å². The number of aliphatic hydroxyl groups is 1. The average Bonchev–Trinajstić information content (AvgIpc) is 2.96. The Morgan fingerprint density at radius 3 is 2.32 bits per heavy atom. The molecule has 2 aromatic rings. The van der Waals surface area contributed by atoms with Crippen LogP contribution < -0.4 is 5.32 Å². The highest BCUT2D eigenvalue weighted by atomic mass is 32.1. The fourth-order valence-corrected chi connectivity index (χ4v) is 2.38. The van der Waals surface area contributed by atoms with Gasteiger partial charge < -0.3 is 15.5 Å². The highest BCUT2D eigenvalue weighted by molar-refractivity contribution is 7.18. The van der Waals surface area contributed by atoms with Gasteiger partial charge in [0.05, 0.1) is 9.88 Å². The lowest BCUT2D eigenvalue weighted by atomic mass is 10.2. The standard InChI is InChI=1S/C15H11NO5S/c17-10(8-11(18)15(20)21)12-6-7-13(22-12)16-14(19)9-4-2-1-3-5-9/h1-8,18H,(H,16,19)(H,20,21)/b11-8-. The topological polar surface area (TPSA) is 104 Å². The molecule has 1 heterocycles. The number of carbonyl (C=O) groups is 3. The lowest BCUT2D eigenvalue weighted by Crippen LogP contribution is -2.10. The van der Waals surface area contributed by atoms with E-state index in [9.17, 15) is 14.4 Å². The number of nitrogens with one attached hydrogen (secondary N) is 1. The SMILES string of the molecule is O=C(O)/C(O)=C/C(=O)c1ccc(NC(=O)c2ccccc2)s1. The van der Waals surface area contributed by atoms with Gasteiger partial charge in [-0.1, -0.05) is 18.2 Å². The van der Waals surface area contributed by atoms with Gasteiger partial charge in [-0.2, -0.15) is 0 Å². The average molecular weight is 317 g/mol. The zero-order valence-electron chi connectivity index (χ0n) is 11.1. The normalized spacial score (nSPS) is 11.0. The summed E-state index contributed by atoms with van der Waals surface area (Å²) in [4.78, 5) is 34.3. The Kier molecular flexibility index (Phi) is 4.70. The highest BCUT2D eigenvalue weighted by Crippen LogP contribution is 2.23. The van der Waals surface area contributed by atoms with Gasteiger partial charge >= 0.3 is 5.97 Å². The van der Waals surface area contributed by atoms with Crippen molar-refractivity contribution in [3.8, 4) is 0 Å². The molecule has 1 aromatic heterocycles. The number of aliphatic hydroxyl groups excluding tert-OH is 1. The number of rotatable bonds is 5. The molecule has 0 aliphatic carbocycles. The molecular weight excluding hydrogens is 306 g/mol. The van der Waals surface area contributed by atoms with Crippen molar-refractivity contribution in [1.82, 2.24) is 0 Å². The van der Waals surface area contributed by atoms with Crippen LogP contribution in [0.5, 0.6) is 0 Å². The van der Waals surface area contributed by atoms with E-state index in [0.717, 1.165) is 11.3 Å².